The summed E-state index contributed by atoms with van der Waals surface area (Å²) < 4.78 is 5.11. The number of nitrogens with one attached hydrogen (secondary N) is 1. The minimum atomic E-state index is -0.502. The number of carbonyl (C=O) groups is 2. The van der Waals surface area contributed by atoms with Crippen LogP contribution in [0, 0.1) is 6.92 Å². The molecule has 0 aliphatic heterocycles. The molecule has 24 heavy (non-hydrogen) atoms. The average Bonchev–Trinajstić information content (AvgIpc) is 2.57. The van der Waals surface area contributed by atoms with Crippen molar-refractivity contribution < 1.29 is 14.3 Å². The molecule has 0 heterocycles. The van der Waals surface area contributed by atoms with Gasteiger partial charge in [-0.15, -0.1) is 11.8 Å². The summed E-state index contributed by atoms with van der Waals surface area (Å²) >= 11 is 1.52. The average molecular weight is 344 g/mol. The van der Waals surface area contributed by atoms with E-state index in [-0.39, 0.29) is 5.91 Å². The number of benzene rings is 2. The number of thioether (sulfide) groups is 1. The number of nitrogens with two attached hydrogens (primary N) is 1. The lowest BCUT2D eigenvalue weighted by Gasteiger charge is -2.10. The molecule has 3 N–H and O–H groups in total. The highest BCUT2D eigenvalue weighted by Crippen LogP contribution is 2.20. The van der Waals surface area contributed by atoms with Gasteiger partial charge in [-0.2, -0.15) is 0 Å². The molecule has 0 saturated carbocycles. The minimum Gasteiger partial charge on any atom is -0.497 e. The Morgan fingerprint density at radius 3 is 2.50 bits per heavy atom. The second-order valence-corrected chi connectivity index (χ2v) is 6.22. The van der Waals surface area contributed by atoms with E-state index in [0.717, 1.165) is 17.1 Å². The first kappa shape index (κ1) is 17.9. The van der Waals surface area contributed by atoms with Gasteiger partial charge in [-0.05, 0) is 42.3 Å². The van der Waals surface area contributed by atoms with Crippen molar-refractivity contribution in [1.82, 2.24) is 0 Å². The number of anilines is 1. The fraction of sp³-hybridized carbons (Fsp3) is 0.222. The molecule has 0 saturated heterocycles. The van der Waals surface area contributed by atoms with Crippen molar-refractivity contribution in [2.75, 3.05) is 18.2 Å². The van der Waals surface area contributed by atoms with Gasteiger partial charge in [0, 0.05) is 17.0 Å². The monoisotopic (exact) mass is 344 g/mol. The standard InChI is InChI=1S/C18H20N2O3S/c1-12-15(18(19)22)4-3-5-16(12)20-17(21)11-24-10-13-6-8-14(23-2)9-7-13/h3-9H,10-11H2,1-2H3,(H2,19,22)(H,20,21). The van der Waals surface area contributed by atoms with Crippen LogP contribution in [0.3, 0.4) is 0 Å². The lowest BCUT2D eigenvalue weighted by molar-refractivity contribution is -0.113. The number of amides is 2. The number of hydrogen-bond acceptors (Lipinski definition) is 4. The quantitative estimate of drug-likeness (QED) is 0.809. The number of carbonyl (C=O) groups excluding carboxylic acids is 2. The zero-order valence-electron chi connectivity index (χ0n) is 13.7. The summed E-state index contributed by atoms with van der Waals surface area (Å²) in [5.74, 6) is 1.26. The van der Waals surface area contributed by atoms with Gasteiger partial charge in [0.05, 0.1) is 12.9 Å². The van der Waals surface area contributed by atoms with Gasteiger partial charge in [0.1, 0.15) is 5.75 Å². The molecule has 2 amide bonds. The molecule has 0 aromatic heterocycles. The van der Waals surface area contributed by atoms with Crippen molar-refractivity contribution >= 4 is 29.3 Å². The molecular formula is C18H20N2O3S. The molecule has 0 bridgehead atoms. The summed E-state index contributed by atoms with van der Waals surface area (Å²) in [6.07, 6.45) is 0. The molecule has 2 aromatic rings. The zero-order chi connectivity index (χ0) is 17.5. The maximum absolute atomic E-state index is 12.1. The maximum atomic E-state index is 12.1. The van der Waals surface area contributed by atoms with Crippen LogP contribution in [0.4, 0.5) is 5.69 Å². The molecule has 5 nitrogen and oxygen atoms in total. The molecule has 0 aliphatic carbocycles. The Morgan fingerprint density at radius 2 is 1.88 bits per heavy atom. The largest absolute Gasteiger partial charge is 0.497 e. The molecule has 2 rings (SSSR count). The lowest BCUT2D eigenvalue weighted by Crippen LogP contribution is -2.18. The number of methoxy groups -OCH3 is 1. The predicted molar refractivity (Wildman–Crippen MR) is 97.5 cm³/mol. The van der Waals surface area contributed by atoms with E-state index in [2.05, 4.69) is 5.32 Å². The van der Waals surface area contributed by atoms with Crippen LogP contribution in [0.15, 0.2) is 42.5 Å². The van der Waals surface area contributed by atoms with Crippen LogP contribution in [0.5, 0.6) is 5.75 Å². The van der Waals surface area contributed by atoms with Gasteiger partial charge in [-0.3, -0.25) is 9.59 Å². The van der Waals surface area contributed by atoms with Gasteiger partial charge in [0.2, 0.25) is 11.8 Å². The molecule has 6 heteroatoms. The Morgan fingerprint density at radius 1 is 1.17 bits per heavy atom. The first-order valence-corrected chi connectivity index (χ1v) is 8.56. The van der Waals surface area contributed by atoms with E-state index in [1.54, 1.807) is 32.2 Å². The Bertz CT molecular complexity index is 730. The van der Waals surface area contributed by atoms with E-state index < -0.39 is 5.91 Å². The first-order valence-electron chi connectivity index (χ1n) is 7.41. The number of primary amides is 1. The molecule has 0 aliphatic rings. The third-order valence-corrected chi connectivity index (χ3v) is 4.54. The Labute approximate surface area is 145 Å². The van der Waals surface area contributed by atoms with E-state index in [1.807, 2.05) is 24.3 Å². The summed E-state index contributed by atoms with van der Waals surface area (Å²) in [5.41, 5.74) is 8.15. The second-order valence-electron chi connectivity index (χ2n) is 5.23. The summed E-state index contributed by atoms with van der Waals surface area (Å²) in [5, 5.41) is 2.82. The van der Waals surface area contributed by atoms with Gasteiger partial charge in [-0.25, -0.2) is 0 Å². The topological polar surface area (TPSA) is 81.4 Å². The van der Waals surface area contributed by atoms with Crippen LogP contribution >= 0.6 is 11.8 Å². The highest BCUT2D eigenvalue weighted by molar-refractivity contribution is 7.99. The Hall–Kier alpha value is -2.47. The normalized spacial score (nSPS) is 10.2. The molecule has 126 valence electrons. The molecule has 0 spiro atoms. The second kappa shape index (κ2) is 8.40. The van der Waals surface area contributed by atoms with E-state index in [9.17, 15) is 9.59 Å². The van der Waals surface area contributed by atoms with Gasteiger partial charge in [0.25, 0.3) is 0 Å². The molecule has 0 radical (unpaired) electrons. The summed E-state index contributed by atoms with van der Waals surface area (Å²) in [6, 6.07) is 12.9. The van der Waals surface area contributed by atoms with Crippen molar-refractivity contribution in [2.45, 2.75) is 12.7 Å². The SMILES string of the molecule is COc1ccc(CSCC(=O)Nc2cccc(C(N)=O)c2C)cc1. The van der Waals surface area contributed by atoms with Crippen molar-refractivity contribution in [3.05, 3.63) is 59.2 Å². The first-order chi connectivity index (χ1) is 11.5. The number of rotatable bonds is 7. The Kier molecular flexibility index (Phi) is 6.26. The summed E-state index contributed by atoms with van der Waals surface area (Å²) in [6.45, 7) is 1.76. The maximum Gasteiger partial charge on any atom is 0.249 e. The molecule has 2 aromatic carbocycles. The van der Waals surface area contributed by atoms with Crippen LogP contribution in [0.2, 0.25) is 0 Å². The van der Waals surface area contributed by atoms with E-state index in [0.29, 0.717) is 22.6 Å². The van der Waals surface area contributed by atoms with Crippen molar-refractivity contribution in [3.8, 4) is 5.75 Å². The van der Waals surface area contributed by atoms with Gasteiger partial charge >= 0.3 is 0 Å². The summed E-state index contributed by atoms with van der Waals surface area (Å²) in [7, 11) is 1.63. The van der Waals surface area contributed by atoms with Crippen LogP contribution in [-0.4, -0.2) is 24.7 Å². The third-order valence-electron chi connectivity index (χ3n) is 3.53. The smallest absolute Gasteiger partial charge is 0.249 e. The van der Waals surface area contributed by atoms with Crippen molar-refractivity contribution in [1.29, 1.82) is 0 Å². The van der Waals surface area contributed by atoms with Crippen LogP contribution in [-0.2, 0) is 10.5 Å². The van der Waals surface area contributed by atoms with Gasteiger partial charge in [-0.1, -0.05) is 18.2 Å². The highest BCUT2D eigenvalue weighted by Gasteiger charge is 2.10. The van der Waals surface area contributed by atoms with Crippen molar-refractivity contribution in [3.63, 3.8) is 0 Å². The van der Waals surface area contributed by atoms with E-state index in [1.165, 1.54) is 11.8 Å². The minimum absolute atomic E-state index is 0.113. The molecule has 0 atom stereocenters. The van der Waals surface area contributed by atoms with E-state index in [4.69, 9.17) is 10.5 Å². The number of hydrogen-bond donors (Lipinski definition) is 2. The molecule has 0 unspecified atom stereocenters. The van der Waals surface area contributed by atoms with Gasteiger partial charge in [0.15, 0.2) is 0 Å². The van der Waals surface area contributed by atoms with Crippen LogP contribution < -0.4 is 15.8 Å². The fourth-order valence-corrected chi connectivity index (χ4v) is 3.00. The zero-order valence-corrected chi connectivity index (χ0v) is 14.5. The number of ether oxygens (including phenoxy) is 1. The van der Waals surface area contributed by atoms with Crippen LogP contribution in [0.25, 0.3) is 0 Å². The third kappa shape index (κ3) is 4.76. The van der Waals surface area contributed by atoms with Gasteiger partial charge < -0.3 is 15.8 Å². The Balaban J connectivity index is 1.87. The highest BCUT2D eigenvalue weighted by atomic mass is 32.2. The predicted octanol–water partition coefficient (Wildman–Crippen LogP) is 2.97. The van der Waals surface area contributed by atoms with Crippen LogP contribution in [0.1, 0.15) is 21.5 Å². The van der Waals surface area contributed by atoms with E-state index >= 15 is 0 Å². The molecule has 0 fully saturated rings. The van der Waals surface area contributed by atoms with Crippen molar-refractivity contribution in [2.24, 2.45) is 5.73 Å². The molecular weight excluding hydrogens is 324 g/mol. The lowest BCUT2D eigenvalue weighted by atomic mass is 10.1. The summed E-state index contributed by atoms with van der Waals surface area (Å²) in [4.78, 5) is 23.4. The fourth-order valence-electron chi connectivity index (χ4n) is 2.21.